The van der Waals surface area contributed by atoms with Crippen LogP contribution in [0, 0.1) is 0 Å². The molecule has 0 aromatic heterocycles. The van der Waals surface area contributed by atoms with Gasteiger partial charge < -0.3 is 10.2 Å². The zero-order chi connectivity index (χ0) is 16.5. The predicted molar refractivity (Wildman–Crippen MR) is 97.2 cm³/mol. The Morgan fingerprint density at radius 1 is 0.625 bits per heavy atom. The van der Waals surface area contributed by atoms with E-state index < -0.39 is 0 Å². The van der Waals surface area contributed by atoms with Gasteiger partial charge in [0.2, 0.25) is 0 Å². The lowest BCUT2D eigenvalue weighted by molar-refractivity contribution is 0.468. The van der Waals surface area contributed by atoms with Gasteiger partial charge in [0.25, 0.3) is 0 Å². The predicted octanol–water partition coefficient (Wildman–Crippen LogP) is 5.18. The second-order valence-corrected chi connectivity index (χ2v) is 6.07. The van der Waals surface area contributed by atoms with E-state index in [9.17, 15) is 10.2 Å². The van der Waals surface area contributed by atoms with E-state index in [1.165, 1.54) is 0 Å². The van der Waals surface area contributed by atoms with Crippen molar-refractivity contribution in [3.8, 4) is 22.6 Å². The number of phenolic OH excluding ortho intramolecular Hbond substituents is 2. The molecule has 0 heterocycles. The highest BCUT2D eigenvalue weighted by molar-refractivity contribution is 5.81. The van der Waals surface area contributed by atoms with Crippen molar-refractivity contribution in [1.82, 2.24) is 0 Å². The molecular weight excluding hydrogens is 296 g/mol. The Balaban J connectivity index is 2.01. The number of aromatic hydroxyl groups is 2. The average Bonchev–Trinajstić information content (AvgIpc) is 3.29. The molecule has 2 aliphatic carbocycles. The summed E-state index contributed by atoms with van der Waals surface area (Å²) in [4.78, 5) is 0. The Bertz CT molecular complexity index is 876. The van der Waals surface area contributed by atoms with Gasteiger partial charge in [-0.05, 0) is 23.3 Å². The van der Waals surface area contributed by atoms with Crippen molar-refractivity contribution >= 4 is 0 Å². The van der Waals surface area contributed by atoms with E-state index >= 15 is 0 Å². The van der Waals surface area contributed by atoms with Crippen LogP contribution in [0.3, 0.4) is 0 Å². The molecule has 0 unspecified atom stereocenters. The van der Waals surface area contributed by atoms with Crippen molar-refractivity contribution in [3.63, 3.8) is 0 Å². The highest BCUT2D eigenvalue weighted by Gasteiger charge is 2.25. The van der Waals surface area contributed by atoms with Gasteiger partial charge >= 0.3 is 0 Å². The van der Waals surface area contributed by atoms with Crippen LogP contribution in [0.5, 0.6) is 11.5 Å². The first-order valence-electron chi connectivity index (χ1n) is 8.10. The van der Waals surface area contributed by atoms with Crippen molar-refractivity contribution in [1.29, 1.82) is 0 Å². The van der Waals surface area contributed by atoms with Crippen LogP contribution in [0.1, 0.15) is 23.0 Å². The van der Waals surface area contributed by atoms with Gasteiger partial charge in [-0.15, -0.1) is 0 Å². The van der Waals surface area contributed by atoms with Crippen LogP contribution in [0.4, 0.5) is 0 Å². The largest absolute Gasteiger partial charge is 0.507 e. The molecule has 0 spiro atoms. The third kappa shape index (κ3) is 2.37. The van der Waals surface area contributed by atoms with Crippen molar-refractivity contribution in [2.45, 2.75) is 11.8 Å². The molecule has 0 fully saturated rings. The second-order valence-electron chi connectivity index (χ2n) is 6.07. The van der Waals surface area contributed by atoms with E-state index in [1.807, 2.05) is 42.5 Å². The molecule has 2 aromatic carbocycles. The number of benzene rings is 2. The molecule has 2 N–H and O–H groups in total. The number of hydrogen-bond donors (Lipinski definition) is 2. The summed E-state index contributed by atoms with van der Waals surface area (Å²) >= 11 is 0. The first kappa shape index (κ1) is 14.6. The van der Waals surface area contributed by atoms with E-state index in [1.54, 1.807) is 18.2 Å². The summed E-state index contributed by atoms with van der Waals surface area (Å²) in [5, 5.41) is 20.9. The molecule has 2 aromatic rings. The maximum atomic E-state index is 10.6. The highest BCUT2D eigenvalue weighted by Crippen LogP contribution is 2.46. The summed E-state index contributed by atoms with van der Waals surface area (Å²) in [5.74, 6) is 0.640. The maximum Gasteiger partial charge on any atom is 0.123 e. The summed E-state index contributed by atoms with van der Waals surface area (Å²) in [6.45, 7) is 0. The number of hydrogen-bond acceptors (Lipinski definition) is 2. The first-order valence-corrected chi connectivity index (χ1v) is 8.10. The molecule has 2 aliphatic rings. The van der Waals surface area contributed by atoms with Crippen molar-refractivity contribution in [2.75, 3.05) is 0 Å². The monoisotopic (exact) mass is 314 g/mol. The van der Waals surface area contributed by atoms with Crippen molar-refractivity contribution in [2.24, 2.45) is 0 Å². The number of allylic oxidation sites excluding steroid dienone is 8. The molecule has 0 radical (unpaired) electrons. The quantitative estimate of drug-likeness (QED) is 0.819. The molecule has 0 amide bonds. The lowest BCUT2D eigenvalue weighted by Crippen LogP contribution is -2.03. The van der Waals surface area contributed by atoms with Crippen LogP contribution in [-0.4, -0.2) is 10.2 Å². The SMILES string of the molecule is Oc1ccccc1-c1c(O)ccc(C2C=CC=C2)c1C1C=CC=C1. The summed E-state index contributed by atoms with van der Waals surface area (Å²) in [6, 6.07) is 10.9. The molecule has 0 atom stereocenters. The smallest absolute Gasteiger partial charge is 0.123 e. The summed E-state index contributed by atoms with van der Waals surface area (Å²) in [7, 11) is 0. The minimum atomic E-state index is 0.0871. The Hall–Kier alpha value is -3.00. The third-order valence-corrected chi connectivity index (χ3v) is 4.62. The van der Waals surface area contributed by atoms with Crippen LogP contribution in [0.2, 0.25) is 0 Å². The molecule has 2 heteroatoms. The number of para-hydroxylation sites is 1. The lowest BCUT2D eigenvalue weighted by Gasteiger charge is -2.22. The second kappa shape index (κ2) is 5.89. The standard InChI is InChI=1S/C22H18O2/c23-19-12-6-5-11-18(19)22-20(24)14-13-17(15-7-1-2-8-15)21(22)16-9-3-4-10-16/h1-16,23-24H. The molecule has 0 saturated carbocycles. The Kier molecular flexibility index (Phi) is 3.58. The van der Waals surface area contributed by atoms with Gasteiger partial charge in [-0.1, -0.05) is 72.9 Å². The minimum Gasteiger partial charge on any atom is -0.507 e. The molecule has 0 saturated heterocycles. The molecule has 118 valence electrons. The van der Waals surface area contributed by atoms with Crippen molar-refractivity contribution < 1.29 is 10.2 Å². The molecule has 0 aliphatic heterocycles. The van der Waals surface area contributed by atoms with Gasteiger partial charge in [-0.3, -0.25) is 0 Å². The first-order chi connectivity index (χ1) is 11.8. The van der Waals surface area contributed by atoms with Crippen LogP contribution in [-0.2, 0) is 0 Å². The van der Waals surface area contributed by atoms with Gasteiger partial charge in [0.15, 0.2) is 0 Å². The lowest BCUT2D eigenvalue weighted by atomic mass is 9.82. The maximum absolute atomic E-state index is 10.6. The highest BCUT2D eigenvalue weighted by atomic mass is 16.3. The van der Waals surface area contributed by atoms with Gasteiger partial charge in [0.05, 0.1) is 0 Å². The van der Waals surface area contributed by atoms with Gasteiger partial charge in [-0.25, -0.2) is 0 Å². The normalized spacial score (nSPS) is 16.5. The topological polar surface area (TPSA) is 40.5 Å². The zero-order valence-electron chi connectivity index (χ0n) is 13.1. The van der Waals surface area contributed by atoms with Crippen molar-refractivity contribution in [3.05, 3.63) is 96.1 Å². The van der Waals surface area contributed by atoms with Gasteiger partial charge in [0.1, 0.15) is 11.5 Å². The molecular formula is C22H18O2. The number of phenols is 2. The Labute approximate surface area is 141 Å². The van der Waals surface area contributed by atoms with E-state index in [0.717, 1.165) is 11.1 Å². The molecule has 24 heavy (non-hydrogen) atoms. The Morgan fingerprint density at radius 3 is 1.92 bits per heavy atom. The molecule has 2 nitrogen and oxygen atoms in total. The third-order valence-electron chi connectivity index (χ3n) is 4.62. The summed E-state index contributed by atoms with van der Waals surface area (Å²) in [6.07, 6.45) is 16.7. The fraction of sp³-hybridized carbons (Fsp3) is 0.0909. The molecule has 4 rings (SSSR count). The summed E-state index contributed by atoms with van der Waals surface area (Å²) < 4.78 is 0. The average molecular weight is 314 g/mol. The number of rotatable bonds is 3. The van der Waals surface area contributed by atoms with E-state index in [2.05, 4.69) is 24.3 Å². The zero-order valence-corrected chi connectivity index (χ0v) is 13.1. The summed E-state index contributed by atoms with van der Waals surface area (Å²) in [5.41, 5.74) is 3.56. The van der Waals surface area contributed by atoms with Gasteiger partial charge in [0, 0.05) is 23.0 Å². The van der Waals surface area contributed by atoms with E-state index in [0.29, 0.717) is 11.1 Å². The van der Waals surface area contributed by atoms with E-state index in [4.69, 9.17) is 0 Å². The minimum absolute atomic E-state index is 0.0871. The fourth-order valence-electron chi connectivity index (χ4n) is 3.51. The van der Waals surface area contributed by atoms with Gasteiger partial charge in [-0.2, -0.15) is 0 Å². The van der Waals surface area contributed by atoms with Crippen LogP contribution < -0.4 is 0 Å². The van der Waals surface area contributed by atoms with Crippen LogP contribution >= 0.6 is 0 Å². The fourth-order valence-corrected chi connectivity index (χ4v) is 3.51. The van der Waals surface area contributed by atoms with Crippen LogP contribution in [0.25, 0.3) is 11.1 Å². The molecule has 0 bridgehead atoms. The van der Waals surface area contributed by atoms with Crippen LogP contribution in [0.15, 0.2) is 85.0 Å². The Morgan fingerprint density at radius 2 is 1.25 bits per heavy atom. The van der Waals surface area contributed by atoms with E-state index in [-0.39, 0.29) is 23.3 Å².